The molecule has 142 valence electrons. The molecule has 3 heterocycles. The molecule has 7 nitrogen and oxygen atoms in total. The van der Waals surface area contributed by atoms with Crippen molar-refractivity contribution in [1.29, 1.82) is 0 Å². The second-order valence-corrected chi connectivity index (χ2v) is 6.62. The van der Waals surface area contributed by atoms with Crippen LogP contribution >= 0.6 is 24.8 Å². The zero-order valence-electron chi connectivity index (χ0n) is 14.6. The first kappa shape index (κ1) is 21.7. The van der Waals surface area contributed by atoms with E-state index < -0.39 is 6.04 Å². The van der Waals surface area contributed by atoms with Gasteiger partial charge in [-0.3, -0.25) is 14.3 Å². The summed E-state index contributed by atoms with van der Waals surface area (Å²) in [6, 6.07) is 2.35. The third-order valence-corrected chi connectivity index (χ3v) is 4.90. The van der Waals surface area contributed by atoms with Crippen LogP contribution in [0.1, 0.15) is 32.2 Å². The fourth-order valence-electron chi connectivity index (χ4n) is 3.49. The van der Waals surface area contributed by atoms with E-state index in [0.717, 1.165) is 25.9 Å². The number of halogens is 2. The number of carbonyl (C=O) groups is 2. The molecular formula is C16H27Cl2N5O2. The van der Waals surface area contributed by atoms with Gasteiger partial charge in [0.2, 0.25) is 11.8 Å². The molecule has 25 heavy (non-hydrogen) atoms. The second kappa shape index (κ2) is 9.40. The SMILES string of the molecule is CC(C(=O)N(C)CC(=O)N1CCC2CCC(C1)N2)n1cccn1.Cl.Cl. The monoisotopic (exact) mass is 391 g/mol. The van der Waals surface area contributed by atoms with Gasteiger partial charge < -0.3 is 15.1 Å². The molecule has 2 aliphatic rings. The third-order valence-electron chi connectivity index (χ3n) is 4.90. The fraction of sp³-hybridized carbons (Fsp3) is 0.688. The molecule has 0 aromatic carbocycles. The Kier molecular flexibility index (Phi) is 8.18. The normalized spacial score (nSPS) is 23.0. The Morgan fingerprint density at radius 1 is 1.28 bits per heavy atom. The summed E-state index contributed by atoms with van der Waals surface area (Å²) in [6.07, 6.45) is 6.76. The number of nitrogens with zero attached hydrogens (tertiary/aromatic N) is 4. The molecule has 0 saturated carbocycles. The number of aromatic nitrogens is 2. The maximum Gasteiger partial charge on any atom is 0.247 e. The van der Waals surface area contributed by atoms with Crippen LogP contribution in [0.2, 0.25) is 0 Å². The molecule has 9 heteroatoms. The highest BCUT2D eigenvalue weighted by Crippen LogP contribution is 2.20. The van der Waals surface area contributed by atoms with Crippen LogP contribution in [0.3, 0.4) is 0 Å². The van der Waals surface area contributed by atoms with Crippen molar-refractivity contribution >= 4 is 36.6 Å². The lowest BCUT2D eigenvalue weighted by Gasteiger charge is -2.28. The summed E-state index contributed by atoms with van der Waals surface area (Å²) in [5, 5.41) is 7.66. The van der Waals surface area contributed by atoms with Crippen LogP contribution in [0, 0.1) is 0 Å². The smallest absolute Gasteiger partial charge is 0.247 e. The van der Waals surface area contributed by atoms with Gasteiger partial charge >= 0.3 is 0 Å². The summed E-state index contributed by atoms with van der Waals surface area (Å²) in [5.74, 6) is -0.0700. The molecule has 2 saturated heterocycles. The van der Waals surface area contributed by atoms with Gasteiger partial charge in [-0.25, -0.2) is 0 Å². The number of carbonyl (C=O) groups excluding carboxylic acids is 2. The van der Waals surface area contributed by atoms with E-state index in [1.165, 1.54) is 11.3 Å². The van der Waals surface area contributed by atoms with E-state index in [2.05, 4.69) is 10.4 Å². The van der Waals surface area contributed by atoms with Crippen molar-refractivity contribution in [1.82, 2.24) is 24.9 Å². The van der Waals surface area contributed by atoms with Crippen LogP contribution in [0.25, 0.3) is 0 Å². The van der Waals surface area contributed by atoms with Crippen LogP contribution in [0.5, 0.6) is 0 Å². The van der Waals surface area contributed by atoms with Crippen LogP contribution < -0.4 is 5.32 Å². The quantitative estimate of drug-likeness (QED) is 0.833. The summed E-state index contributed by atoms with van der Waals surface area (Å²) < 4.78 is 1.61. The van der Waals surface area contributed by atoms with Crippen molar-refractivity contribution in [2.75, 3.05) is 26.7 Å². The maximum absolute atomic E-state index is 12.5. The molecule has 0 radical (unpaired) electrons. The number of likely N-dealkylation sites (N-methyl/N-ethyl adjacent to an activating group) is 1. The van der Waals surface area contributed by atoms with Crippen molar-refractivity contribution in [2.45, 2.75) is 44.3 Å². The van der Waals surface area contributed by atoms with Crippen molar-refractivity contribution in [3.8, 4) is 0 Å². The van der Waals surface area contributed by atoms with Gasteiger partial charge in [-0.1, -0.05) is 0 Å². The molecule has 3 unspecified atom stereocenters. The minimum absolute atomic E-state index is 0. The lowest BCUT2D eigenvalue weighted by Crippen LogP contribution is -2.45. The minimum atomic E-state index is -0.399. The highest BCUT2D eigenvalue weighted by atomic mass is 35.5. The Morgan fingerprint density at radius 3 is 2.68 bits per heavy atom. The number of likely N-dealkylation sites (tertiary alicyclic amines) is 1. The molecule has 3 rings (SSSR count). The summed E-state index contributed by atoms with van der Waals surface area (Å²) in [4.78, 5) is 28.4. The molecule has 1 aromatic heterocycles. The number of hydrogen-bond donors (Lipinski definition) is 1. The van der Waals surface area contributed by atoms with E-state index >= 15 is 0 Å². The zero-order chi connectivity index (χ0) is 16.4. The van der Waals surface area contributed by atoms with E-state index in [1.807, 2.05) is 4.90 Å². The number of fused-ring (bicyclic) bond motifs is 2. The van der Waals surface area contributed by atoms with E-state index in [0.29, 0.717) is 12.1 Å². The molecule has 3 atom stereocenters. The Morgan fingerprint density at radius 2 is 2.00 bits per heavy atom. The van der Waals surface area contributed by atoms with E-state index in [1.54, 1.807) is 37.1 Å². The maximum atomic E-state index is 12.5. The van der Waals surface area contributed by atoms with Gasteiger partial charge in [0.15, 0.2) is 0 Å². The Labute approximate surface area is 160 Å². The first-order valence-corrected chi connectivity index (χ1v) is 8.32. The Hall–Kier alpha value is -1.31. The molecule has 1 N–H and O–H groups in total. The van der Waals surface area contributed by atoms with E-state index in [4.69, 9.17) is 0 Å². The number of amides is 2. The summed E-state index contributed by atoms with van der Waals surface area (Å²) in [7, 11) is 1.68. The van der Waals surface area contributed by atoms with Crippen LogP contribution in [-0.4, -0.2) is 70.2 Å². The van der Waals surface area contributed by atoms with Gasteiger partial charge in [-0.05, 0) is 32.3 Å². The average Bonchev–Trinajstić information content (AvgIpc) is 3.15. The first-order valence-electron chi connectivity index (χ1n) is 8.32. The predicted octanol–water partition coefficient (Wildman–Crippen LogP) is 1.10. The van der Waals surface area contributed by atoms with Crippen LogP contribution in [-0.2, 0) is 9.59 Å². The van der Waals surface area contributed by atoms with Crippen molar-refractivity contribution < 1.29 is 9.59 Å². The van der Waals surface area contributed by atoms with Crippen molar-refractivity contribution in [3.63, 3.8) is 0 Å². The van der Waals surface area contributed by atoms with Crippen molar-refractivity contribution in [2.24, 2.45) is 0 Å². The highest BCUT2D eigenvalue weighted by Gasteiger charge is 2.32. The molecule has 0 aliphatic carbocycles. The lowest BCUT2D eigenvalue weighted by atomic mass is 10.1. The average molecular weight is 392 g/mol. The minimum Gasteiger partial charge on any atom is -0.340 e. The number of rotatable bonds is 4. The molecule has 0 spiro atoms. The molecule has 2 aliphatic heterocycles. The topological polar surface area (TPSA) is 70.5 Å². The molecule has 2 bridgehead atoms. The molecule has 2 fully saturated rings. The summed E-state index contributed by atoms with van der Waals surface area (Å²) in [5.41, 5.74) is 0. The Balaban J connectivity index is 0.00000156. The van der Waals surface area contributed by atoms with Gasteiger partial charge in [-0.2, -0.15) is 5.10 Å². The number of nitrogens with one attached hydrogen (secondary N) is 1. The van der Waals surface area contributed by atoms with E-state index in [-0.39, 0.29) is 43.2 Å². The molecule has 2 amide bonds. The van der Waals surface area contributed by atoms with E-state index in [9.17, 15) is 9.59 Å². The summed E-state index contributed by atoms with van der Waals surface area (Å²) >= 11 is 0. The first-order chi connectivity index (χ1) is 11.0. The zero-order valence-corrected chi connectivity index (χ0v) is 16.3. The molecular weight excluding hydrogens is 365 g/mol. The fourth-order valence-corrected chi connectivity index (χ4v) is 3.49. The standard InChI is InChI=1S/C16H25N5O2.2ClH/c1-12(21-8-3-7-17-21)16(23)19(2)11-15(22)20-9-6-13-4-5-14(10-20)18-13;;/h3,7-8,12-14,18H,4-6,9-11H2,1-2H3;2*1H. The lowest BCUT2D eigenvalue weighted by molar-refractivity contribution is -0.141. The van der Waals surface area contributed by atoms with Crippen LogP contribution in [0.15, 0.2) is 18.5 Å². The molecule has 1 aromatic rings. The second-order valence-electron chi connectivity index (χ2n) is 6.62. The number of hydrogen-bond acceptors (Lipinski definition) is 4. The van der Waals surface area contributed by atoms with Crippen LogP contribution in [0.4, 0.5) is 0 Å². The van der Waals surface area contributed by atoms with Gasteiger partial charge in [0.25, 0.3) is 0 Å². The predicted molar refractivity (Wildman–Crippen MR) is 100 cm³/mol. The van der Waals surface area contributed by atoms with Gasteiger partial charge in [0, 0.05) is 44.6 Å². The summed E-state index contributed by atoms with van der Waals surface area (Å²) in [6.45, 7) is 3.46. The largest absolute Gasteiger partial charge is 0.340 e. The highest BCUT2D eigenvalue weighted by molar-refractivity contribution is 5.86. The Bertz CT molecular complexity index is 569. The van der Waals surface area contributed by atoms with Gasteiger partial charge in [0.1, 0.15) is 6.04 Å². The van der Waals surface area contributed by atoms with Gasteiger partial charge in [-0.15, -0.1) is 24.8 Å². The third kappa shape index (κ3) is 5.09. The van der Waals surface area contributed by atoms with Gasteiger partial charge in [0.05, 0.1) is 6.54 Å². The van der Waals surface area contributed by atoms with Crippen molar-refractivity contribution in [3.05, 3.63) is 18.5 Å².